The van der Waals surface area contributed by atoms with Crippen molar-refractivity contribution in [1.29, 1.82) is 0 Å². The van der Waals surface area contributed by atoms with Gasteiger partial charge in [-0.15, -0.1) is 0 Å². The van der Waals surface area contributed by atoms with Gasteiger partial charge in [-0.1, -0.05) is 18.2 Å². The van der Waals surface area contributed by atoms with Gasteiger partial charge < -0.3 is 4.40 Å². The molecule has 6 nitrogen and oxygen atoms in total. The van der Waals surface area contributed by atoms with Crippen LogP contribution in [0.1, 0.15) is 5.56 Å². The van der Waals surface area contributed by atoms with Gasteiger partial charge in [0.15, 0.2) is 5.75 Å². The molecule has 3 aromatic heterocycles. The van der Waals surface area contributed by atoms with Crippen LogP contribution in [0.25, 0.3) is 27.3 Å². The van der Waals surface area contributed by atoms with Gasteiger partial charge in [0.25, 0.3) is 0 Å². The fourth-order valence-electron chi connectivity index (χ4n) is 4.26. The zero-order valence-corrected chi connectivity index (χ0v) is 24.5. The molecule has 0 N–H and O–H groups in total. The summed E-state index contributed by atoms with van der Waals surface area (Å²) in [7, 11) is 0. The van der Waals surface area contributed by atoms with Gasteiger partial charge in [0.05, 0.1) is 11.0 Å². The maximum atomic E-state index is 12.5. The van der Waals surface area contributed by atoms with Gasteiger partial charge in [0.1, 0.15) is 5.52 Å². The van der Waals surface area contributed by atoms with Gasteiger partial charge in [-0.05, 0) is 24.3 Å². The van der Waals surface area contributed by atoms with E-state index in [-0.39, 0.29) is 6.61 Å². The molecule has 0 aliphatic heterocycles. The van der Waals surface area contributed by atoms with E-state index in [1.165, 1.54) is 4.46 Å². The minimum Gasteiger partial charge on any atom is -0.321 e. The molecule has 0 unspecified atom stereocenters. The molecule has 0 amide bonds. The minimum absolute atomic E-state index is 0.0806. The zero-order valence-electron chi connectivity index (χ0n) is 21.2. The average Bonchev–Trinajstić information content (AvgIpc) is 3.34. The Balaban J connectivity index is 1.03. The Morgan fingerprint density at radius 3 is 2.62 bits per heavy atom. The quantitative estimate of drug-likeness (QED) is 0.0736. The number of ether oxygens (including phenoxy) is 3. The van der Waals surface area contributed by atoms with Crippen LogP contribution in [0.4, 0.5) is 4.79 Å². The SMILES string of the molecule is O=C(OCc1ccc(OC=CC[Se]c2ccc(Br)cc2)cc1)Oc1cccc2cc3cn4ccccc4c3nc12. The molecule has 0 bridgehead atoms. The van der Waals surface area contributed by atoms with Crippen LogP contribution >= 0.6 is 15.9 Å². The molecule has 40 heavy (non-hydrogen) atoms. The molecule has 0 atom stereocenters. The number of halogens is 1. The van der Waals surface area contributed by atoms with Crippen molar-refractivity contribution in [3.8, 4) is 11.5 Å². The third-order valence-corrected chi connectivity index (χ3v) is 8.74. The molecule has 3 aromatic carbocycles. The Morgan fingerprint density at radius 1 is 0.925 bits per heavy atom. The molecule has 198 valence electrons. The molecule has 0 saturated carbocycles. The molecule has 0 spiro atoms. The van der Waals surface area contributed by atoms with Gasteiger partial charge in [0.2, 0.25) is 0 Å². The van der Waals surface area contributed by atoms with Crippen LogP contribution in [0.3, 0.4) is 0 Å². The summed E-state index contributed by atoms with van der Waals surface area (Å²) in [4.78, 5) is 17.4. The van der Waals surface area contributed by atoms with Crippen LogP contribution in [0.2, 0.25) is 5.32 Å². The number of aromatic nitrogens is 2. The number of pyridine rings is 2. The number of carbonyl (C=O) groups is 1. The third kappa shape index (κ3) is 6.05. The van der Waals surface area contributed by atoms with E-state index in [2.05, 4.69) is 40.2 Å². The van der Waals surface area contributed by atoms with Gasteiger partial charge in [-0.3, -0.25) is 0 Å². The number of carbonyl (C=O) groups excluding carboxylic acids is 1. The second-order valence-electron chi connectivity index (χ2n) is 8.92. The van der Waals surface area contributed by atoms with Gasteiger partial charge in [0, 0.05) is 23.2 Å². The van der Waals surface area contributed by atoms with Gasteiger partial charge >= 0.3 is 149 Å². The number of hydrogen-bond acceptors (Lipinski definition) is 5. The van der Waals surface area contributed by atoms with E-state index in [4.69, 9.17) is 19.2 Å². The van der Waals surface area contributed by atoms with Crippen LogP contribution in [0.5, 0.6) is 11.5 Å². The Hall–Kier alpha value is -4.10. The fourth-order valence-corrected chi connectivity index (χ4v) is 5.98. The van der Waals surface area contributed by atoms with Crippen LogP contribution in [0, 0.1) is 0 Å². The van der Waals surface area contributed by atoms with Crippen molar-refractivity contribution >= 4 is 68.8 Å². The topological polar surface area (TPSA) is 62.1 Å². The smallest absolute Gasteiger partial charge is 0.321 e. The van der Waals surface area contributed by atoms with E-state index in [1.54, 1.807) is 12.3 Å². The standard InChI is InChI=1S/C32H23BrN2O4Se/c33-25-10-14-27(15-11-25)40-18-4-17-37-26-12-8-22(9-13-26)21-38-32(36)39-29-7-3-5-23-19-24-20-35-16-2-1-6-28(35)30(24)34-31(23)29/h1-17,19-20H,18,21H2. The first-order valence-electron chi connectivity index (χ1n) is 12.6. The Morgan fingerprint density at radius 2 is 1.77 bits per heavy atom. The van der Waals surface area contributed by atoms with Crippen LogP contribution in [0.15, 0.2) is 120 Å². The van der Waals surface area contributed by atoms with Crippen molar-refractivity contribution in [2.75, 3.05) is 0 Å². The first-order chi connectivity index (χ1) is 19.6. The van der Waals surface area contributed by atoms with Gasteiger partial charge in [-0.25, -0.2) is 4.98 Å². The van der Waals surface area contributed by atoms with E-state index < -0.39 is 6.16 Å². The third-order valence-electron chi connectivity index (χ3n) is 6.18. The van der Waals surface area contributed by atoms with Crippen molar-refractivity contribution in [2.24, 2.45) is 0 Å². The molecule has 0 saturated heterocycles. The molecule has 0 aliphatic carbocycles. The maximum absolute atomic E-state index is 12.5. The second kappa shape index (κ2) is 12.0. The number of fused-ring (bicyclic) bond motifs is 4. The first kappa shape index (κ1) is 26.1. The Bertz CT molecular complexity index is 1830. The minimum atomic E-state index is -0.785. The van der Waals surface area contributed by atoms with Crippen LogP contribution in [-0.2, 0) is 11.3 Å². The number of allylic oxidation sites excluding steroid dienone is 1. The number of rotatable bonds is 8. The Kier molecular flexibility index (Phi) is 7.82. The molecule has 0 fully saturated rings. The van der Waals surface area contributed by atoms with Crippen LogP contribution < -0.4 is 13.9 Å². The van der Waals surface area contributed by atoms with E-state index in [9.17, 15) is 4.79 Å². The second-order valence-corrected chi connectivity index (χ2v) is 12.1. The summed E-state index contributed by atoms with van der Waals surface area (Å²) in [6, 6.07) is 29.3. The first-order valence-corrected chi connectivity index (χ1v) is 15.4. The molecular formula is C32H23BrN2O4Se. The number of hydrogen-bond donors (Lipinski definition) is 0. The number of benzene rings is 3. The molecule has 8 heteroatoms. The van der Waals surface area contributed by atoms with E-state index >= 15 is 0 Å². The summed E-state index contributed by atoms with van der Waals surface area (Å²) >= 11 is 3.82. The van der Waals surface area contributed by atoms with Crippen molar-refractivity contribution in [1.82, 2.24) is 9.38 Å². The average molecular weight is 658 g/mol. The summed E-state index contributed by atoms with van der Waals surface area (Å²) < 4.78 is 21.1. The number of nitrogens with zero attached hydrogens (tertiary/aromatic N) is 2. The summed E-state index contributed by atoms with van der Waals surface area (Å²) in [5.74, 6) is 1.07. The van der Waals surface area contributed by atoms with E-state index in [0.29, 0.717) is 32.0 Å². The summed E-state index contributed by atoms with van der Waals surface area (Å²) in [6.07, 6.45) is 6.98. The number of para-hydroxylation sites is 1. The molecule has 6 rings (SSSR count). The zero-order chi connectivity index (χ0) is 27.3. The normalized spacial score (nSPS) is 11.4. The molecule has 3 heterocycles. The fraction of sp³-hybridized carbons (Fsp3) is 0.0625. The van der Waals surface area contributed by atoms with E-state index in [0.717, 1.165) is 37.2 Å². The predicted octanol–water partition coefficient (Wildman–Crippen LogP) is 7.46. The molecule has 6 aromatic rings. The Labute approximate surface area is 245 Å². The molecule has 0 aliphatic rings. The summed E-state index contributed by atoms with van der Waals surface area (Å²) in [5.41, 5.74) is 3.27. The summed E-state index contributed by atoms with van der Waals surface area (Å²) in [6.45, 7) is 0.0806. The van der Waals surface area contributed by atoms with Gasteiger partial charge in [-0.2, -0.15) is 0 Å². The van der Waals surface area contributed by atoms with E-state index in [1.807, 2.05) is 83.5 Å². The molecular weight excluding hydrogens is 635 g/mol. The monoisotopic (exact) mass is 658 g/mol. The van der Waals surface area contributed by atoms with Crippen molar-refractivity contribution in [2.45, 2.75) is 11.9 Å². The van der Waals surface area contributed by atoms with Crippen LogP contribution in [-0.4, -0.2) is 30.5 Å². The predicted molar refractivity (Wildman–Crippen MR) is 162 cm³/mol. The van der Waals surface area contributed by atoms with Crippen molar-refractivity contribution < 1.29 is 19.0 Å². The molecule has 0 radical (unpaired) electrons. The van der Waals surface area contributed by atoms with Crippen molar-refractivity contribution in [3.63, 3.8) is 0 Å². The summed E-state index contributed by atoms with van der Waals surface area (Å²) in [5, 5.41) is 2.85. The van der Waals surface area contributed by atoms with Crippen molar-refractivity contribution in [3.05, 3.63) is 126 Å².